The van der Waals surface area contributed by atoms with Crippen molar-refractivity contribution in [3.05, 3.63) is 33.9 Å². The molecule has 0 aromatic heterocycles. The molecule has 0 saturated carbocycles. The number of anilines is 1. The van der Waals surface area contributed by atoms with Gasteiger partial charge in [-0.2, -0.15) is 5.26 Å². The summed E-state index contributed by atoms with van der Waals surface area (Å²) >= 11 is 0. The Morgan fingerprint density at radius 3 is 2.57 bits per heavy atom. The van der Waals surface area contributed by atoms with Gasteiger partial charge in [0.1, 0.15) is 11.6 Å². The van der Waals surface area contributed by atoms with Crippen molar-refractivity contribution in [2.45, 2.75) is 0 Å². The molecule has 0 aliphatic carbocycles. The van der Waals surface area contributed by atoms with Crippen molar-refractivity contribution >= 4 is 11.4 Å². The molecule has 72 valence electrons. The zero-order valence-corrected chi connectivity index (χ0v) is 7.89. The van der Waals surface area contributed by atoms with Crippen molar-refractivity contribution in [1.82, 2.24) is 0 Å². The molecule has 0 fully saturated rings. The van der Waals surface area contributed by atoms with E-state index in [1.165, 1.54) is 12.1 Å². The zero-order chi connectivity index (χ0) is 10.7. The monoisotopic (exact) mass is 191 g/mol. The summed E-state index contributed by atoms with van der Waals surface area (Å²) in [5.41, 5.74) is 0.634. The fourth-order valence-electron chi connectivity index (χ4n) is 1.04. The van der Waals surface area contributed by atoms with E-state index in [1.54, 1.807) is 31.1 Å². The van der Waals surface area contributed by atoms with Gasteiger partial charge in [0.05, 0.1) is 4.92 Å². The average Bonchev–Trinajstić information content (AvgIpc) is 2.16. The number of rotatable bonds is 2. The van der Waals surface area contributed by atoms with Gasteiger partial charge < -0.3 is 4.90 Å². The van der Waals surface area contributed by atoms with Gasteiger partial charge in [0, 0.05) is 25.8 Å². The summed E-state index contributed by atoms with van der Waals surface area (Å²) in [6.45, 7) is 0. The van der Waals surface area contributed by atoms with E-state index in [0.29, 0.717) is 5.69 Å². The first-order valence-corrected chi connectivity index (χ1v) is 3.92. The van der Waals surface area contributed by atoms with Gasteiger partial charge in [0.15, 0.2) is 0 Å². The molecule has 0 amide bonds. The van der Waals surface area contributed by atoms with Crippen LogP contribution in [0.15, 0.2) is 18.2 Å². The van der Waals surface area contributed by atoms with Crippen molar-refractivity contribution < 1.29 is 4.92 Å². The van der Waals surface area contributed by atoms with E-state index in [2.05, 4.69) is 0 Å². The van der Waals surface area contributed by atoms with Gasteiger partial charge in [0.25, 0.3) is 5.69 Å². The van der Waals surface area contributed by atoms with E-state index in [-0.39, 0.29) is 11.3 Å². The van der Waals surface area contributed by atoms with Crippen molar-refractivity contribution in [1.29, 1.82) is 5.26 Å². The Bertz CT molecular complexity index is 407. The minimum Gasteiger partial charge on any atom is -0.377 e. The predicted molar refractivity (Wildman–Crippen MR) is 52.1 cm³/mol. The Morgan fingerprint density at radius 2 is 2.14 bits per heavy atom. The summed E-state index contributed by atoms with van der Waals surface area (Å²) in [6.07, 6.45) is 0. The van der Waals surface area contributed by atoms with Crippen molar-refractivity contribution in [2.24, 2.45) is 0 Å². The molecular weight excluding hydrogens is 182 g/mol. The molecule has 5 heteroatoms. The fraction of sp³-hybridized carbons (Fsp3) is 0.222. The second-order valence-corrected chi connectivity index (χ2v) is 2.96. The standard InChI is InChI=1S/C9H9N3O2/c1-11(2)8-4-3-7(6-10)9(5-8)12(13)14/h3-5H,1-2H3. The lowest BCUT2D eigenvalue weighted by molar-refractivity contribution is -0.385. The minimum atomic E-state index is -0.550. The number of nitriles is 1. The number of hydrogen-bond acceptors (Lipinski definition) is 4. The molecule has 0 heterocycles. The van der Waals surface area contributed by atoms with E-state index >= 15 is 0 Å². The minimum absolute atomic E-state index is 0.0839. The highest BCUT2D eigenvalue weighted by Crippen LogP contribution is 2.23. The van der Waals surface area contributed by atoms with Crippen molar-refractivity contribution in [3.8, 4) is 6.07 Å². The molecule has 1 rings (SSSR count). The molecule has 14 heavy (non-hydrogen) atoms. The summed E-state index contributed by atoms with van der Waals surface area (Å²) in [7, 11) is 3.57. The first-order chi connectivity index (χ1) is 6.56. The van der Waals surface area contributed by atoms with Crippen LogP contribution in [-0.4, -0.2) is 19.0 Å². The average molecular weight is 191 g/mol. The topological polar surface area (TPSA) is 70.2 Å². The maximum atomic E-state index is 10.6. The molecule has 1 aromatic carbocycles. The van der Waals surface area contributed by atoms with Crippen molar-refractivity contribution in [2.75, 3.05) is 19.0 Å². The van der Waals surface area contributed by atoms with Crippen LogP contribution in [0.2, 0.25) is 0 Å². The van der Waals surface area contributed by atoms with Gasteiger partial charge in [-0.05, 0) is 12.1 Å². The van der Waals surface area contributed by atoms with E-state index in [0.717, 1.165) is 0 Å². The number of nitro benzene ring substituents is 1. The Morgan fingerprint density at radius 1 is 1.50 bits per heavy atom. The maximum absolute atomic E-state index is 10.6. The number of nitro groups is 1. The molecule has 0 spiro atoms. The molecule has 0 unspecified atom stereocenters. The third kappa shape index (κ3) is 1.80. The van der Waals surface area contributed by atoms with E-state index in [4.69, 9.17) is 5.26 Å². The molecule has 0 saturated heterocycles. The first-order valence-electron chi connectivity index (χ1n) is 3.92. The largest absolute Gasteiger partial charge is 0.377 e. The first kappa shape index (κ1) is 9.99. The van der Waals surface area contributed by atoms with Crippen LogP contribution in [0.25, 0.3) is 0 Å². The molecular formula is C9H9N3O2. The van der Waals surface area contributed by atoms with E-state index < -0.39 is 4.92 Å². The molecule has 5 nitrogen and oxygen atoms in total. The van der Waals surface area contributed by atoms with Gasteiger partial charge in [0.2, 0.25) is 0 Å². The van der Waals surface area contributed by atoms with Crippen LogP contribution in [0.1, 0.15) is 5.56 Å². The lowest BCUT2D eigenvalue weighted by atomic mass is 10.1. The fourth-order valence-corrected chi connectivity index (χ4v) is 1.04. The number of hydrogen-bond donors (Lipinski definition) is 0. The second-order valence-electron chi connectivity index (χ2n) is 2.96. The van der Waals surface area contributed by atoms with Gasteiger partial charge in [-0.3, -0.25) is 10.1 Å². The van der Waals surface area contributed by atoms with Crippen LogP contribution in [0.5, 0.6) is 0 Å². The summed E-state index contributed by atoms with van der Waals surface area (Å²) in [6, 6.07) is 6.29. The third-order valence-electron chi connectivity index (χ3n) is 1.81. The Balaban J connectivity index is 3.30. The normalized spacial score (nSPS) is 9.21. The summed E-state index contributed by atoms with van der Waals surface area (Å²) in [5, 5.41) is 19.2. The second kappa shape index (κ2) is 3.75. The van der Waals surface area contributed by atoms with Gasteiger partial charge >= 0.3 is 0 Å². The molecule has 0 N–H and O–H groups in total. The number of benzene rings is 1. The van der Waals surface area contributed by atoms with Crippen LogP contribution in [0, 0.1) is 21.4 Å². The number of nitrogens with zero attached hydrogens (tertiary/aromatic N) is 3. The van der Waals surface area contributed by atoms with Crippen LogP contribution in [-0.2, 0) is 0 Å². The maximum Gasteiger partial charge on any atom is 0.289 e. The summed E-state index contributed by atoms with van der Waals surface area (Å²) in [4.78, 5) is 11.8. The highest BCUT2D eigenvalue weighted by Gasteiger charge is 2.14. The lowest BCUT2D eigenvalue weighted by Gasteiger charge is -2.11. The van der Waals surface area contributed by atoms with Crippen LogP contribution < -0.4 is 4.90 Å². The molecule has 0 atom stereocenters. The summed E-state index contributed by atoms with van der Waals surface area (Å²) < 4.78 is 0. The predicted octanol–water partition coefficient (Wildman–Crippen LogP) is 1.53. The smallest absolute Gasteiger partial charge is 0.289 e. The Labute approximate surface area is 81.3 Å². The van der Waals surface area contributed by atoms with Crippen molar-refractivity contribution in [3.63, 3.8) is 0 Å². The highest BCUT2D eigenvalue weighted by atomic mass is 16.6. The third-order valence-corrected chi connectivity index (χ3v) is 1.81. The van der Waals surface area contributed by atoms with Crippen LogP contribution >= 0.6 is 0 Å². The van der Waals surface area contributed by atoms with Gasteiger partial charge in [-0.25, -0.2) is 0 Å². The van der Waals surface area contributed by atoms with Crippen LogP contribution in [0.3, 0.4) is 0 Å². The zero-order valence-electron chi connectivity index (χ0n) is 7.89. The SMILES string of the molecule is CN(C)c1ccc(C#N)c([N+](=O)[O-])c1. The summed E-state index contributed by atoms with van der Waals surface area (Å²) in [5.74, 6) is 0. The molecule has 0 aliphatic rings. The molecule has 0 aliphatic heterocycles. The molecule has 1 aromatic rings. The Kier molecular flexibility index (Phi) is 2.67. The van der Waals surface area contributed by atoms with Gasteiger partial charge in [-0.15, -0.1) is 0 Å². The molecule has 0 bridgehead atoms. The molecule has 0 radical (unpaired) electrons. The Hall–Kier alpha value is -2.09. The highest BCUT2D eigenvalue weighted by molar-refractivity contribution is 5.59. The van der Waals surface area contributed by atoms with E-state index in [9.17, 15) is 10.1 Å². The lowest BCUT2D eigenvalue weighted by Crippen LogP contribution is -2.09. The quantitative estimate of drug-likeness (QED) is 0.525. The van der Waals surface area contributed by atoms with E-state index in [1.807, 2.05) is 0 Å². The van der Waals surface area contributed by atoms with Crippen LogP contribution in [0.4, 0.5) is 11.4 Å². The van der Waals surface area contributed by atoms with Gasteiger partial charge in [-0.1, -0.05) is 0 Å².